The van der Waals surface area contributed by atoms with E-state index in [1.165, 1.54) is 11.3 Å². The lowest BCUT2D eigenvalue weighted by molar-refractivity contribution is 0.0914. The van der Waals surface area contributed by atoms with Crippen molar-refractivity contribution < 1.29 is 4.79 Å². The summed E-state index contributed by atoms with van der Waals surface area (Å²) in [5.74, 6) is 0.627. The summed E-state index contributed by atoms with van der Waals surface area (Å²) in [5.41, 5.74) is 2.61. The Morgan fingerprint density at radius 3 is 2.31 bits per heavy atom. The summed E-state index contributed by atoms with van der Waals surface area (Å²) in [6, 6.07) is 8.60. The number of nitrogens with one attached hydrogen (secondary N) is 1. The molecule has 1 N–H and O–H groups in total. The molecule has 1 aromatic heterocycles. The molecule has 0 saturated carbocycles. The Morgan fingerprint density at radius 1 is 1.04 bits per heavy atom. The molecule has 0 unspecified atom stereocenters. The number of hydrogen-bond acceptors (Lipinski definition) is 5. The van der Waals surface area contributed by atoms with Crippen LogP contribution in [0.25, 0.3) is 0 Å². The highest BCUT2D eigenvalue weighted by molar-refractivity contribution is 5.92. The van der Waals surface area contributed by atoms with E-state index in [1.54, 1.807) is 12.4 Å². The molecule has 6 nitrogen and oxygen atoms in total. The van der Waals surface area contributed by atoms with Crippen LogP contribution in [-0.4, -0.2) is 47.6 Å². The number of aromatic nitrogens is 2. The first-order valence-electron chi connectivity index (χ1n) is 9.03. The third-order valence-corrected chi connectivity index (χ3v) is 4.33. The largest absolute Gasteiger partial charge is 0.368 e. The minimum absolute atomic E-state index is 0.194. The van der Waals surface area contributed by atoms with E-state index in [9.17, 15) is 4.79 Å². The van der Waals surface area contributed by atoms with Crippen LogP contribution in [0.3, 0.4) is 0 Å². The van der Waals surface area contributed by atoms with Crippen molar-refractivity contribution in [3.8, 4) is 0 Å². The summed E-state index contributed by atoms with van der Waals surface area (Å²) in [6.07, 6.45) is 3.25. The number of benzene rings is 1. The second kappa shape index (κ2) is 7.32. The van der Waals surface area contributed by atoms with E-state index in [0.717, 1.165) is 32.0 Å². The Bertz CT molecular complexity index is 759. The minimum atomic E-state index is -0.288. The average Bonchev–Trinajstić information content (AvgIpc) is 2.61. The fourth-order valence-corrected chi connectivity index (χ4v) is 3.02. The van der Waals surface area contributed by atoms with Gasteiger partial charge in [-0.05, 0) is 45.4 Å². The smallest absolute Gasteiger partial charge is 0.271 e. The fourth-order valence-electron chi connectivity index (χ4n) is 3.02. The molecular formula is C20H27N5O. The summed E-state index contributed by atoms with van der Waals surface area (Å²) in [7, 11) is 0. The van der Waals surface area contributed by atoms with Gasteiger partial charge in [0.25, 0.3) is 5.91 Å². The van der Waals surface area contributed by atoms with Gasteiger partial charge in [0.2, 0.25) is 0 Å². The van der Waals surface area contributed by atoms with E-state index in [2.05, 4.69) is 56.3 Å². The zero-order valence-corrected chi connectivity index (χ0v) is 16.0. The second-order valence-electron chi connectivity index (χ2n) is 7.78. The highest BCUT2D eigenvalue weighted by Crippen LogP contribution is 2.20. The number of amides is 1. The van der Waals surface area contributed by atoms with Crippen molar-refractivity contribution in [2.45, 2.75) is 33.2 Å². The van der Waals surface area contributed by atoms with Gasteiger partial charge in [-0.25, -0.2) is 9.97 Å². The first-order valence-corrected chi connectivity index (χ1v) is 9.03. The molecule has 6 heteroatoms. The zero-order chi connectivity index (χ0) is 18.7. The van der Waals surface area contributed by atoms with Crippen molar-refractivity contribution in [1.29, 1.82) is 0 Å². The number of hydrogen-bond donors (Lipinski definition) is 1. The molecule has 0 aliphatic carbocycles. The number of rotatable bonds is 3. The topological polar surface area (TPSA) is 61.4 Å². The standard InChI is InChI=1S/C20H27N5O/c1-15-6-5-7-16(12-15)24-8-10-25(11-9-24)18-14-21-17(13-22-18)19(26)23-20(2,3)4/h5-7,12-14H,8-11H2,1-4H3,(H,23,26). The molecule has 2 aromatic rings. The summed E-state index contributed by atoms with van der Waals surface area (Å²) < 4.78 is 0. The van der Waals surface area contributed by atoms with E-state index < -0.39 is 0 Å². The molecule has 1 aliphatic rings. The Kier molecular flexibility index (Phi) is 5.11. The molecule has 1 aliphatic heterocycles. The number of anilines is 2. The SMILES string of the molecule is Cc1cccc(N2CCN(c3cnc(C(=O)NC(C)(C)C)cn3)CC2)c1. The van der Waals surface area contributed by atoms with Crippen LogP contribution in [0, 0.1) is 6.92 Å². The van der Waals surface area contributed by atoms with Gasteiger partial charge in [-0.3, -0.25) is 4.79 Å². The highest BCUT2D eigenvalue weighted by atomic mass is 16.2. The Labute approximate surface area is 155 Å². The van der Waals surface area contributed by atoms with Crippen LogP contribution in [0.2, 0.25) is 0 Å². The number of piperazine rings is 1. The maximum atomic E-state index is 12.1. The minimum Gasteiger partial charge on any atom is -0.368 e. The summed E-state index contributed by atoms with van der Waals surface area (Å²) in [6.45, 7) is 11.6. The van der Waals surface area contributed by atoms with Gasteiger partial charge in [-0.1, -0.05) is 12.1 Å². The first kappa shape index (κ1) is 18.2. The van der Waals surface area contributed by atoms with Crippen molar-refractivity contribution in [2.24, 2.45) is 0 Å². The average molecular weight is 353 g/mol. The molecule has 3 rings (SSSR count). The molecule has 0 radical (unpaired) electrons. The summed E-state index contributed by atoms with van der Waals surface area (Å²) in [5, 5.41) is 2.90. The number of nitrogens with zero attached hydrogens (tertiary/aromatic N) is 4. The van der Waals surface area contributed by atoms with Gasteiger partial charge in [0.05, 0.1) is 12.4 Å². The monoisotopic (exact) mass is 353 g/mol. The molecule has 1 aromatic carbocycles. The molecule has 2 heterocycles. The van der Waals surface area contributed by atoms with Crippen molar-refractivity contribution in [2.75, 3.05) is 36.0 Å². The van der Waals surface area contributed by atoms with Gasteiger partial charge in [0.15, 0.2) is 0 Å². The molecule has 0 atom stereocenters. The lowest BCUT2D eigenvalue weighted by Crippen LogP contribution is -2.47. The van der Waals surface area contributed by atoms with Crippen molar-refractivity contribution in [3.05, 3.63) is 47.9 Å². The van der Waals surface area contributed by atoms with Crippen LogP contribution in [0.15, 0.2) is 36.7 Å². The van der Waals surface area contributed by atoms with Gasteiger partial charge >= 0.3 is 0 Å². The van der Waals surface area contributed by atoms with E-state index in [0.29, 0.717) is 5.69 Å². The van der Waals surface area contributed by atoms with Crippen LogP contribution >= 0.6 is 0 Å². The van der Waals surface area contributed by atoms with Gasteiger partial charge in [0.1, 0.15) is 11.5 Å². The summed E-state index contributed by atoms with van der Waals surface area (Å²) >= 11 is 0. The van der Waals surface area contributed by atoms with Crippen LogP contribution in [0.5, 0.6) is 0 Å². The highest BCUT2D eigenvalue weighted by Gasteiger charge is 2.20. The van der Waals surface area contributed by atoms with Crippen molar-refractivity contribution in [3.63, 3.8) is 0 Å². The number of carbonyl (C=O) groups excluding carboxylic acids is 1. The van der Waals surface area contributed by atoms with E-state index in [-0.39, 0.29) is 11.4 Å². The van der Waals surface area contributed by atoms with Gasteiger partial charge < -0.3 is 15.1 Å². The lowest BCUT2D eigenvalue weighted by Gasteiger charge is -2.36. The van der Waals surface area contributed by atoms with Gasteiger partial charge in [-0.15, -0.1) is 0 Å². The quantitative estimate of drug-likeness (QED) is 0.919. The Balaban J connectivity index is 1.60. The number of carbonyl (C=O) groups is 1. The van der Waals surface area contributed by atoms with Crippen LogP contribution < -0.4 is 15.1 Å². The zero-order valence-electron chi connectivity index (χ0n) is 16.0. The molecule has 0 spiro atoms. The third-order valence-electron chi connectivity index (χ3n) is 4.33. The Hall–Kier alpha value is -2.63. The lowest BCUT2D eigenvalue weighted by atomic mass is 10.1. The predicted molar refractivity (Wildman–Crippen MR) is 105 cm³/mol. The fraction of sp³-hybridized carbons (Fsp3) is 0.450. The normalized spacial score (nSPS) is 15.1. The van der Waals surface area contributed by atoms with E-state index in [1.807, 2.05) is 20.8 Å². The van der Waals surface area contributed by atoms with Gasteiger partial charge in [-0.2, -0.15) is 0 Å². The third kappa shape index (κ3) is 4.50. The van der Waals surface area contributed by atoms with Gasteiger partial charge in [0, 0.05) is 37.4 Å². The molecule has 138 valence electrons. The predicted octanol–water partition coefficient (Wildman–Crippen LogP) is 2.64. The molecule has 26 heavy (non-hydrogen) atoms. The maximum absolute atomic E-state index is 12.1. The second-order valence-corrected chi connectivity index (χ2v) is 7.78. The van der Waals surface area contributed by atoms with Crippen LogP contribution in [-0.2, 0) is 0 Å². The van der Waals surface area contributed by atoms with Crippen LogP contribution in [0.4, 0.5) is 11.5 Å². The van der Waals surface area contributed by atoms with Crippen molar-refractivity contribution >= 4 is 17.4 Å². The molecule has 1 saturated heterocycles. The van der Waals surface area contributed by atoms with Crippen LogP contribution in [0.1, 0.15) is 36.8 Å². The summed E-state index contributed by atoms with van der Waals surface area (Å²) in [4.78, 5) is 25.5. The first-order chi connectivity index (χ1) is 12.3. The van der Waals surface area contributed by atoms with Crippen molar-refractivity contribution in [1.82, 2.24) is 15.3 Å². The van der Waals surface area contributed by atoms with E-state index >= 15 is 0 Å². The molecule has 0 bridgehead atoms. The maximum Gasteiger partial charge on any atom is 0.271 e. The molecule has 1 amide bonds. The molecular weight excluding hydrogens is 326 g/mol. The Morgan fingerprint density at radius 2 is 1.73 bits per heavy atom. The number of aryl methyl sites for hydroxylation is 1. The molecule has 1 fully saturated rings. The van der Waals surface area contributed by atoms with E-state index in [4.69, 9.17) is 0 Å².